The quantitative estimate of drug-likeness (QED) is 0.464. The van der Waals surface area contributed by atoms with Crippen LogP contribution in [0.1, 0.15) is 79.2 Å². The number of anilines is 1. The number of aromatic nitrogens is 3. The van der Waals surface area contributed by atoms with E-state index in [9.17, 15) is 20.0 Å². The van der Waals surface area contributed by atoms with E-state index >= 15 is 0 Å². The van der Waals surface area contributed by atoms with Gasteiger partial charge in [0.25, 0.3) is 5.91 Å². The van der Waals surface area contributed by atoms with Crippen LogP contribution in [0.25, 0.3) is 0 Å². The summed E-state index contributed by atoms with van der Waals surface area (Å²) in [4.78, 5) is 38.4. The van der Waals surface area contributed by atoms with Crippen LogP contribution in [0.2, 0.25) is 0 Å². The average molecular weight is 600 g/mol. The van der Waals surface area contributed by atoms with Crippen LogP contribution in [-0.4, -0.2) is 63.6 Å². The van der Waals surface area contributed by atoms with Crippen LogP contribution >= 0.6 is 0 Å². The fourth-order valence-corrected chi connectivity index (χ4v) is 5.25. The number of hydrogen-bond donors (Lipinski definition) is 2. The van der Waals surface area contributed by atoms with Gasteiger partial charge in [-0.25, -0.2) is 9.97 Å². The lowest BCUT2D eigenvalue weighted by Crippen LogP contribution is -3.20. The summed E-state index contributed by atoms with van der Waals surface area (Å²) in [7, 11) is 0. The fraction of sp³-hybridized carbons (Fsp3) is 0.455. The molecule has 5 rings (SSSR count). The number of nitriles is 1. The molecule has 2 atom stereocenters. The zero-order valence-corrected chi connectivity index (χ0v) is 26.3. The number of fused-ring (bicyclic) bond motifs is 1. The van der Waals surface area contributed by atoms with Crippen molar-refractivity contribution in [2.45, 2.75) is 71.6 Å². The summed E-state index contributed by atoms with van der Waals surface area (Å²) in [6, 6.07) is 11.5. The van der Waals surface area contributed by atoms with Gasteiger partial charge in [-0.2, -0.15) is 5.26 Å². The maximum absolute atomic E-state index is 12.9. The number of amides is 2. The van der Waals surface area contributed by atoms with Crippen LogP contribution in [0.4, 0.5) is 10.5 Å². The minimum absolute atomic E-state index is 0.00350. The van der Waals surface area contributed by atoms with Crippen LogP contribution in [0, 0.1) is 18.3 Å². The molecule has 4 heterocycles. The smallest absolute Gasteiger partial charge is 0.255 e. The lowest BCUT2D eigenvalue weighted by atomic mass is 9.90. The molecule has 11 nitrogen and oxygen atoms in total. The standard InChI is InChI=1S/C25H32N4O2.C8H9N3O2/c1-17-7-8-19(14-20(17)21-15-29(11-12-31-21)24(2,3)4)28-23(30)18-9-10-27-22(13-18)25(5,6)16-26;12-8(13)11-2-1-7-6(4-11)3-9-5-10-7/h7-10,13-14,21H,11-12,15H2,1-6H3,(H,28,30);3,5H,1-2,4H2,(H,12,13). The number of aryl methyl sites for hydroxylation is 1. The molecule has 1 saturated heterocycles. The number of carboxylic acid groups (broad SMARTS) is 1. The Morgan fingerprint density at radius 2 is 1.93 bits per heavy atom. The average Bonchev–Trinajstić information content (AvgIpc) is 3.01. The van der Waals surface area contributed by atoms with Gasteiger partial charge in [0.1, 0.15) is 31.6 Å². The van der Waals surface area contributed by atoms with Crippen LogP contribution in [0.5, 0.6) is 0 Å². The van der Waals surface area contributed by atoms with E-state index in [1.165, 1.54) is 16.1 Å². The van der Waals surface area contributed by atoms with Gasteiger partial charge in [-0.1, -0.05) is 6.07 Å². The number of rotatable bonds is 4. The molecule has 2 N–H and O–H groups in total. The van der Waals surface area contributed by atoms with Crippen molar-refractivity contribution in [1.29, 1.82) is 5.26 Å². The van der Waals surface area contributed by atoms with Gasteiger partial charge in [0.05, 0.1) is 35.0 Å². The summed E-state index contributed by atoms with van der Waals surface area (Å²) >= 11 is 0. The Morgan fingerprint density at radius 3 is 2.64 bits per heavy atom. The lowest BCUT2D eigenvalue weighted by Gasteiger charge is -2.39. The van der Waals surface area contributed by atoms with E-state index in [1.54, 1.807) is 38.4 Å². The Labute approximate surface area is 258 Å². The summed E-state index contributed by atoms with van der Waals surface area (Å²) in [5, 5.41) is 22.9. The molecule has 1 aromatic carbocycles. The van der Waals surface area contributed by atoms with E-state index in [0.29, 0.717) is 30.8 Å². The zero-order chi connectivity index (χ0) is 32.1. The molecular formula is C33H41N7O4. The second-order valence-corrected chi connectivity index (χ2v) is 12.8. The first-order valence-corrected chi connectivity index (χ1v) is 14.8. The Bertz CT molecular complexity index is 1540. The number of hydrogen-bond acceptors (Lipinski definition) is 8. The molecule has 44 heavy (non-hydrogen) atoms. The predicted molar refractivity (Wildman–Crippen MR) is 163 cm³/mol. The number of quaternary nitrogens is 1. The summed E-state index contributed by atoms with van der Waals surface area (Å²) in [5.74, 6) is -0.223. The molecular weight excluding hydrogens is 558 g/mol. The second-order valence-electron chi connectivity index (χ2n) is 12.8. The normalized spacial score (nSPS) is 18.2. The van der Waals surface area contributed by atoms with Crippen molar-refractivity contribution in [3.8, 4) is 6.07 Å². The van der Waals surface area contributed by atoms with Crippen molar-refractivity contribution >= 4 is 17.7 Å². The van der Waals surface area contributed by atoms with Crippen molar-refractivity contribution < 1.29 is 24.3 Å². The minimum Gasteiger partial charge on any atom is -0.530 e. The number of carbonyl (C=O) groups is 2. The number of carbonyl (C=O) groups excluding carboxylic acids is 2. The van der Waals surface area contributed by atoms with Crippen molar-refractivity contribution in [3.05, 3.63) is 82.7 Å². The lowest BCUT2D eigenvalue weighted by molar-refractivity contribution is -0.957. The maximum atomic E-state index is 12.9. The Morgan fingerprint density at radius 1 is 1.16 bits per heavy atom. The molecule has 232 valence electrons. The van der Waals surface area contributed by atoms with Crippen molar-refractivity contribution in [3.63, 3.8) is 0 Å². The van der Waals surface area contributed by atoms with Crippen LogP contribution < -0.4 is 15.3 Å². The third kappa shape index (κ3) is 7.95. The molecule has 2 aliphatic rings. The van der Waals surface area contributed by atoms with E-state index < -0.39 is 11.5 Å². The number of morpholine rings is 1. The van der Waals surface area contributed by atoms with E-state index in [1.807, 2.05) is 18.2 Å². The van der Waals surface area contributed by atoms with Gasteiger partial charge in [0.2, 0.25) is 0 Å². The molecule has 2 aliphatic heterocycles. The summed E-state index contributed by atoms with van der Waals surface area (Å²) in [5.41, 5.74) is 5.27. The molecule has 0 saturated carbocycles. The topological polar surface area (TPSA) is 149 Å². The number of ether oxygens (including phenoxy) is 1. The zero-order valence-electron chi connectivity index (χ0n) is 26.3. The number of nitrogens with one attached hydrogen (secondary N) is 2. The molecule has 0 aliphatic carbocycles. The molecule has 3 aromatic rings. The minimum atomic E-state index is -1.13. The SMILES string of the molecule is Cc1ccc(NC(=O)c2ccnc(C(C)(C)C#N)c2)cc1C1C[NH+](C(C)(C)C)CCO1.O=C([O-])N1CCc2ncncc2C1. The Kier molecular flexibility index (Phi) is 9.97. The third-order valence-electron chi connectivity index (χ3n) is 8.16. The highest BCUT2D eigenvalue weighted by Crippen LogP contribution is 2.26. The monoisotopic (exact) mass is 599 g/mol. The van der Waals surface area contributed by atoms with Gasteiger partial charge < -0.3 is 29.8 Å². The van der Waals surface area contributed by atoms with Gasteiger partial charge >= 0.3 is 0 Å². The summed E-state index contributed by atoms with van der Waals surface area (Å²) < 4.78 is 6.11. The van der Waals surface area contributed by atoms with Crippen molar-refractivity contribution in [2.75, 3.05) is 31.6 Å². The molecule has 0 bridgehead atoms. The maximum Gasteiger partial charge on any atom is 0.255 e. The second kappa shape index (κ2) is 13.5. The number of pyridine rings is 1. The molecule has 2 aromatic heterocycles. The van der Waals surface area contributed by atoms with Crippen LogP contribution in [-0.2, 0) is 23.1 Å². The molecule has 1 fully saturated rings. The van der Waals surface area contributed by atoms with E-state index in [-0.39, 0.29) is 17.6 Å². The van der Waals surface area contributed by atoms with E-state index in [2.05, 4.69) is 54.0 Å². The predicted octanol–water partition coefficient (Wildman–Crippen LogP) is 2.38. The third-order valence-corrected chi connectivity index (χ3v) is 8.16. The Balaban J connectivity index is 0.000000281. The van der Waals surface area contributed by atoms with Gasteiger partial charge in [0, 0.05) is 48.7 Å². The first-order chi connectivity index (χ1) is 20.8. The summed E-state index contributed by atoms with van der Waals surface area (Å²) in [6.45, 7) is 15.9. The summed E-state index contributed by atoms with van der Waals surface area (Å²) in [6.07, 6.45) is 4.22. The molecule has 0 spiro atoms. The molecule has 2 unspecified atom stereocenters. The number of benzene rings is 1. The van der Waals surface area contributed by atoms with Gasteiger partial charge in [0.15, 0.2) is 0 Å². The van der Waals surface area contributed by atoms with Crippen LogP contribution in [0.15, 0.2) is 49.1 Å². The van der Waals surface area contributed by atoms with E-state index in [0.717, 1.165) is 47.8 Å². The van der Waals surface area contributed by atoms with Crippen molar-refractivity contribution in [2.24, 2.45) is 0 Å². The van der Waals surface area contributed by atoms with E-state index in [4.69, 9.17) is 4.74 Å². The van der Waals surface area contributed by atoms with Crippen molar-refractivity contribution in [1.82, 2.24) is 19.9 Å². The largest absolute Gasteiger partial charge is 0.530 e. The fourth-order valence-electron chi connectivity index (χ4n) is 5.25. The molecule has 11 heteroatoms. The first kappa shape index (κ1) is 32.5. The number of nitrogens with zero attached hydrogens (tertiary/aromatic N) is 5. The highest BCUT2D eigenvalue weighted by atomic mass is 16.5. The molecule has 2 amide bonds. The van der Waals surface area contributed by atoms with Gasteiger partial charge in [-0.3, -0.25) is 9.78 Å². The first-order valence-electron chi connectivity index (χ1n) is 14.8. The van der Waals surface area contributed by atoms with Crippen LogP contribution in [0.3, 0.4) is 0 Å². The van der Waals surface area contributed by atoms with Gasteiger partial charge in [-0.05, 0) is 76.9 Å². The molecule has 0 radical (unpaired) electrons. The highest BCUT2D eigenvalue weighted by molar-refractivity contribution is 6.04. The van der Waals surface area contributed by atoms with Gasteiger partial charge in [-0.15, -0.1) is 0 Å². The highest BCUT2D eigenvalue weighted by Gasteiger charge is 2.33. The Hall–Kier alpha value is -4.40.